The molecule has 0 amide bonds. The van der Waals surface area contributed by atoms with Crippen molar-refractivity contribution in [1.29, 1.82) is 0 Å². The summed E-state index contributed by atoms with van der Waals surface area (Å²) in [5, 5.41) is 0. The predicted octanol–water partition coefficient (Wildman–Crippen LogP) is 10.9. The van der Waals surface area contributed by atoms with Crippen molar-refractivity contribution >= 4 is 11.9 Å². The molecule has 0 saturated carbocycles. The standard InChI is InChI=1S/C54H82O12/c1-36(2)50-37(3)27-28-40-29-41(60-51(6,7)59-40)30-42-31-43(62-52(8,9)61-42)32-44-33-45(64-53(10,11)63-44)34-46-35-48(66-54(12,13)65-46)38(4)47(57-39(5)55)25-23-21-19-17-15-14-16-18-20-22-24-26-49(56)58-50/h14-24,26-28,36-38,40-48,50H,25,29-35H2,1-13H3/b15-14+,18-16+,19-17+,22-20+,23-21+,26-24+,28-27+/t37-,38+,40+,41+,42+,43-,44+,45-,46-,47-,48-,50+/m1/s1. The second kappa shape index (κ2) is 23.9. The Kier molecular flexibility index (Phi) is 19.5. The first-order chi connectivity index (χ1) is 31.0. The molecule has 5 aliphatic rings. The molecule has 4 saturated heterocycles. The van der Waals surface area contributed by atoms with Crippen LogP contribution >= 0.6 is 0 Å². The van der Waals surface area contributed by atoms with Gasteiger partial charge in [0.25, 0.3) is 0 Å². The average Bonchev–Trinajstić information content (AvgIpc) is 3.17. The van der Waals surface area contributed by atoms with E-state index in [1.54, 1.807) is 12.2 Å². The van der Waals surface area contributed by atoms with Gasteiger partial charge < -0.3 is 47.4 Å². The van der Waals surface area contributed by atoms with Crippen molar-refractivity contribution in [3.8, 4) is 0 Å². The Labute approximate surface area is 396 Å². The van der Waals surface area contributed by atoms with Crippen LogP contribution in [0.3, 0.4) is 0 Å². The maximum absolute atomic E-state index is 12.9. The Hall–Kier alpha value is -3.20. The molecule has 5 heterocycles. The van der Waals surface area contributed by atoms with Gasteiger partial charge in [-0.25, -0.2) is 4.79 Å². The van der Waals surface area contributed by atoms with Crippen molar-refractivity contribution in [3.63, 3.8) is 0 Å². The molecular formula is C54H82O12. The number of ether oxygens (including phenoxy) is 10. The van der Waals surface area contributed by atoms with Crippen molar-refractivity contribution in [2.45, 2.75) is 226 Å². The minimum Gasteiger partial charge on any atom is -0.462 e. The summed E-state index contributed by atoms with van der Waals surface area (Å²) in [6, 6.07) is 0. The molecule has 5 rings (SSSR count). The van der Waals surface area contributed by atoms with E-state index < -0.39 is 23.1 Å². The highest BCUT2D eigenvalue weighted by atomic mass is 16.7. The van der Waals surface area contributed by atoms with E-state index in [4.69, 9.17) is 47.4 Å². The van der Waals surface area contributed by atoms with Gasteiger partial charge in [-0.1, -0.05) is 107 Å². The molecule has 370 valence electrons. The van der Waals surface area contributed by atoms with E-state index in [0.29, 0.717) is 51.4 Å². The highest BCUT2D eigenvalue weighted by Gasteiger charge is 2.46. The van der Waals surface area contributed by atoms with Crippen molar-refractivity contribution in [1.82, 2.24) is 0 Å². The zero-order chi connectivity index (χ0) is 48.3. The molecule has 0 aromatic rings. The van der Waals surface area contributed by atoms with Gasteiger partial charge in [0.2, 0.25) is 0 Å². The van der Waals surface area contributed by atoms with Crippen molar-refractivity contribution < 1.29 is 57.0 Å². The van der Waals surface area contributed by atoms with Crippen LogP contribution in [0.1, 0.15) is 141 Å². The maximum atomic E-state index is 12.9. The van der Waals surface area contributed by atoms with Gasteiger partial charge >= 0.3 is 11.9 Å². The van der Waals surface area contributed by atoms with Gasteiger partial charge in [-0.15, -0.1) is 0 Å². The SMILES string of the molecule is CC(=O)O[C@@H]1C/C=C/C=C/C=C/C=C/C=C/C=C/C(=O)O[C@@H](C(C)C)[C@H](C)/C=C/[C@H]2C[C@@H](C[C@H]3C[C@H](C[C@H]4C[C@H](C[C@@H]5C[C@@H](OC(C)(C)O5)[C@H]1C)OC(C)(C)O4)OC(C)(C)O3)OC(C)(C)O2. The number of carbonyl (C=O) groups is 2. The molecule has 0 unspecified atom stereocenters. The Morgan fingerprint density at radius 1 is 0.561 bits per heavy atom. The van der Waals surface area contributed by atoms with E-state index in [9.17, 15) is 9.59 Å². The molecule has 0 radical (unpaired) electrons. The molecule has 0 aromatic heterocycles. The van der Waals surface area contributed by atoms with Crippen LogP contribution in [-0.4, -0.2) is 96.1 Å². The average molecular weight is 923 g/mol. The van der Waals surface area contributed by atoms with Gasteiger partial charge in [-0.3, -0.25) is 4.79 Å². The third-order valence-corrected chi connectivity index (χ3v) is 12.5. The lowest BCUT2D eigenvalue weighted by Gasteiger charge is -2.48. The van der Waals surface area contributed by atoms with Crippen LogP contribution in [-0.2, 0) is 57.0 Å². The molecule has 0 N–H and O–H groups in total. The molecule has 12 heteroatoms. The lowest BCUT2D eigenvalue weighted by atomic mass is 9.88. The zero-order valence-corrected chi connectivity index (χ0v) is 42.1. The van der Waals surface area contributed by atoms with Crippen LogP contribution < -0.4 is 0 Å². The molecule has 5 aliphatic heterocycles. The lowest BCUT2D eigenvalue weighted by Crippen LogP contribution is -2.52. The van der Waals surface area contributed by atoms with Gasteiger partial charge in [0.1, 0.15) is 12.2 Å². The summed E-state index contributed by atoms with van der Waals surface area (Å²) in [6.45, 7) is 25.4. The summed E-state index contributed by atoms with van der Waals surface area (Å²) >= 11 is 0. The van der Waals surface area contributed by atoms with Crippen molar-refractivity contribution in [2.75, 3.05) is 0 Å². The quantitative estimate of drug-likeness (QED) is 0.193. The molecule has 12 atom stereocenters. The Morgan fingerprint density at radius 3 is 1.44 bits per heavy atom. The number of hydrogen-bond donors (Lipinski definition) is 0. The van der Waals surface area contributed by atoms with Gasteiger partial charge in [-0.2, -0.15) is 0 Å². The first-order valence-corrected chi connectivity index (χ1v) is 24.4. The van der Waals surface area contributed by atoms with Gasteiger partial charge in [-0.05, 0) is 61.3 Å². The number of carbonyl (C=O) groups excluding carboxylic acids is 2. The molecule has 0 spiro atoms. The fourth-order valence-electron chi connectivity index (χ4n) is 10.1. The van der Waals surface area contributed by atoms with E-state index in [0.717, 1.165) is 0 Å². The van der Waals surface area contributed by atoms with Crippen LogP contribution in [0.4, 0.5) is 0 Å². The molecule has 0 aliphatic carbocycles. The fourth-order valence-corrected chi connectivity index (χ4v) is 10.1. The van der Waals surface area contributed by atoms with Crippen LogP contribution in [0.25, 0.3) is 0 Å². The minimum atomic E-state index is -0.845. The van der Waals surface area contributed by atoms with E-state index in [1.807, 2.05) is 110 Å². The van der Waals surface area contributed by atoms with Crippen LogP contribution in [0.15, 0.2) is 85.1 Å². The number of fused-ring (bicyclic) bond motifs is 8. The summed E-state index contributed by atoms with van der Waals surface area (Å²) < 4.78 is 64.2. The number of hydrogen-bond acceptors (Lipinski definition) is 12. The first-order valence-electron chi connectivity index (χ1n) is 24.4. The van der Waals surface area contributed by atoms with E-state index in [-0.39, 0.29) is 90.7 Å². The monoisotopic (exact) mass is 923 g/mol. The topological polar surface area (TPSA) is 126 Å². The van der Waals surface area contributed by atoms with Crippen LogP contribution in [0.2, 0.25) is 0 Å². The summed E-state index contributed by atoms with van der Waals surface area (Å²) in [5.74, 6) is -4.03. The summed E-state index contributed by atoms with van der Waals surface area (Å²) in [5.41, 5.74) is 0. The highest BCUT2D eigenvalue weighted by Crippen LogP contribution is 2.41. The molecule has 66 heavy (non-hydrogen) atoms. The van der Waals surface area contributed by atoms with Gasteiger partial charge in [0.15, 0.2) is 23.1 Å². The third kappa shape index (κ3) is 18.0. The minimum absolute atomic E-state index is 0.0476. The largest absolute Gasteiger partial charge is 0.462 e. The number of rotatable bonds is 2. The molecule has 8 bridgehead atoms. The summed E-state index contributed by atoms with van der Waals surface area (Å²) in [4.78, 5) is 25.2. The first kappa shape index (κ1) is 53.8. The molecular weight excluding hydrogens is 841 g/mol. The van der Waals surface area contributed by atoms with Crippen LogP contribution in [0, 0.1) is 17.8 Å². The summed E-state index contributed by atoms with van der Waals surface area (Å²) in [7, 11) is 0. The Bertz CT molecular complexity index is 1780. The number of cyclic esters (lactones) is 1. The van der Waals surface area contributed by atoms with E-state index in [1.165, 1.54) is 13.0 Å². The van der Waals surface area contributed by atoms with Crippen molar-refractivity contribution in [3.05, 3.63) is 85.1 Å². The fraction of sp³-hybridized carbons (Fsp3) is 0.704. The second-order valence-corrected chi connectivity index (χ2v) is 21.0. The van der Waals surface area contributed by atoms with Gasteiger partial charge in [0, 0.05) is 76.2 Å². The number of allylic oxidation sites excluding steroid dienone is 10. The zero-order valence-electron chi connectivity index (χ0n) is 42.1. The normalized spacial score (nSPS) is 40.3. The van der Waals surface area contributed by atoms with Gasteiger partial charge in [0.05, 0.1) is 48.8 Å². The third-order valence-electron chi connectivity index (χ3n) is 12.5. The Morgan fingerprint density at radius 2 is 0.970 bits per heavy atom. The number of esters is 2. The van der Waals surface area contributed by atoms with E-state index in [2.05, 4.69) is 39.8 Å². The smallest absolute Gasteiger partial charge is 0.331 e. The predicted molar refractivity (Wildman–Crippen MR) is 255 cm³/mol. The maximum Gasteiger partial charge on any atom is 0.331 e. The van der Waals surface area contributed by atoms with Crippen molar-refractivity contribution in [2.24, 2.45) is 17.8 Å². The second-order valence-electron chi connectivity index (χ2n) is 21.0. The lowest BCUT2D eigenvalue weighted by molar-refractivity contribution is -0.340. The molecule has 12 nitrogen and oxygen atoms in total. The van der Waals surface area contributed by atoms with E-state index >= 15 is 0 Å². The van der Waals surface area contributed by atoms with Crippen LogP contribution in [0.5, 0.6) is 0 Å². The Balaban J connectivity index is 1.36. The summed E-state index contributed by atoms with van der Waals surface area (Å²) in [6.07, 6.45) is 29.8. The molecule has 4 fully saturated rings. The highest BCUT2D eigenvalue weighted by molar-refractivity contribution is 5.82. The molecule has 0 aromatic carbocycles.